The van der Waals surface area contributed by atoms with Gasteiger partial charge in [0.25, 0.3) is 0 Å². The summed E-state index contributed by atoms with van der Waals surface area (Å²) in [7, 11) is 2.00. The number of hydrogen-bond acceptors (Lipinski definition) is 4. The molecule has 2 aliphatic rings. The predicted molar refractivity (Wildman–Crippen MR) is 78.9 cm³/mol. The summed E-state index contributed by atoms with van der Waals surface area (Å²) in [6, 6.07) is 2.24. The van der Waals surface area contributed by atoms with Crippen LogP contribution in [0.25, 0.3) is 0 Å². The fourth-order valence-electron chi connectivity index (χ4n) is 3.39. The quantitative estimate of drug-likeness (QED) is 0.926. The van der Waals surface area contributed by atoms with Crippen LogP contribution in [0.2, 0.25) is 5.22 Å². The number of halogens is 1. The highest BCUT2D eigenvalue weighted by molar-refractivity contribution is 7.99. The molecular formula is C14H20ClNO2S. The fourth-order valence-corrected chi connectivity index (χ4v) is 5.00. The molecule has 1 N–H and O–H groups in total. The van der Waals surface area contributed by atoms with Crippen molar-refractivity contribution >= 4 is 23.4 Å². The van der Waals surface area contributed by atoms with Crippen molar-refractivity contribution in [3.63, 3.8) is 0 Å². The van der Waals surface area contributed by atoms with Gasteiger partial charge in [0.2, 0.25) is 0 Å². The van der Waals surface area contributed by atoms with Gasteiger partial charge in [0.1, 0.15) is 0 Å². The summed E-state index contributed by atoms with van der Waals surface area (Å²) >= 11 is 8.15. The molecule has 0 saturated carbocycles. The lowest BCUT2D eigenvalue weighted by Gasteiger charge is -2.40. The topological polar surface area (TPSA) is 34.4 Å². The van der Waals surface area contributed by atoms with E-state index in [1.54, 1.807) is 6.26 Å². The maximum atomic E-state index is 6.14. The molecule has 0 amide bonds. The van der Waals surface area contributed by atoms with Crippen LogP contribution in [0.5, 0.6) is 0 Å². The van der Waals surface area contributed by atoms with Gasteiger partial charge in [0.15, 0.2) is 5.22 Å². The lowest BCUT2D eigenvalue weighted by molar-refractivity contribution is -0.0850. The molecular weight excluding hydrogens is 282 g/mol. The molecule has 3 unspecified atom stereocenters. The summed E-state index contributed by atoms with van der Waals surface area (Å²) in [6.45, 7) is 0.860. The zero-order valence-corrected chi connectivity index (χ0v) is 12.7. The molecule has 2 fully saturated rings. The highest BCUT2D eigenvalue weighted by Gasteiger charge is 2.42. The van der Waals surface area contributed by atoms with Crippen LogP contribution in [0.4, 0.5) is 0 Å². The van der Waals surface area contributed by atoms with Crippen molar-refractivity contribution in [2.75, 3.05) is 25.2 Å². The van der Waals surface area contributed by atoms with Gasteiger partial charge in [0, 0.05) is 24.0 Å². The Morgan fingerprint density at radius 3 is 3.11 bits per heavy atom. The second-order valence-corrected chi connectivity index (χ2v) is 6.95. The van der Waals surface area contributed by atoms with Gasteiger partial charge in [-0.3, -0.25) is 0 Å². The minimum atomic E-state index is 0.110. The average molecular weight is 302 g/mol. The van der Waals surface area contributed by atoms with Crippen molar-refractivity contribution in [3.8, 4) is 0 Å². The minimum absolute atomic E-state index is 0.110. The van der Waals surface area contributed by atoms with Gasteiger partial charge >= 0.3 is 0 Å². The standard InChI is InChI=1S/C14H20ClNO2S/c1-16-12(11-3-5-17-13(11)15)10-2-6-18-14(8-10)4-7-19-9-14/h3,5,10,12,16H,2,4,6-9H2,1H3. The van der Waals surface area contributed by atoms with E-state index in [1.807, 2.05) is 24.9 Å². The highest BCUT2D eigenvalue weighted by Crippen LogP contribution is 2.44. The SMILES string of the molecule is CNC(c1ccoc1Cl)C1CCOC2(CCSC2)C1. The van der Waals surface area contributed by atoms with Gasteiger partial charge in [-0.15, -0.1) is 0 Å². The number of hydrogen-bond donors (Lipinski definition) is 1. The third-order valence-corrected chi connectivity index (χ3v) is 5.89. The van der Waals surface area contributed by atoms with E-state index < -0.39 is 0 Å². The number of rotatable bonds is 3. The molecule has 1 aromatic heterocycles. The van der Waals surface area contributed by atoms with Crippen molar-refractivity contribution < 1.29 is 9.15 Å². The Morgan fingerprint density at radius 1 is 1.58 bits per heavy atom. The minimum Gasteiger partial charge on any atom is -0.453 e. The first kappa shape index (κ1) is 13.8. The summed E-state index contributed by atoms with van der Waals surface area (Å²) in [5.41, 5.74) is 1.19. The summed E-state index contributed by atoms with van der Waals surface area (Å²) in [5.74, 6) is 2.93. The van der Waals surface area contributed by atoms with Crippen molar-refractivity contribution in [3.05, 3.63) is 23.1 Å². The Labute approximate surface area is 123 Å². The molecule has 3 heterocycles. The van der Waals surface area contributed by atoms with Crippen molar-refractivity contribution in [2.24, 2.45) is 5.92 Å². The Bertz CT molecular complexity index is 431. The van der Waals surface area contributed by atoms with Gasteiger partial charge in [-0.1, -0.05) is 0 Å². The first-order valence-corrected chi connectivity index (χ1v) is 8.39. The molecule has 0 aromatic carbocycles. The molecule has 3 nitrogen and oxygen atoms in total. The van der Waals surface area contributed by atoms with Gasteiger partial charge in [-0.25, -0.2) is 0 Å². The summed E-state index contributed by atoms with van der Waals surface area (Å²) in [4.78, 5) is 0. The van der Waals surface area contributed by atoms with E-state index in [0.29, 0.717) is 11.1 Å². The second-order valence-electron chi connectivity index (χ2n) is 5.50. The second kappa shape index (κ2) is 5.68. The molecule has 0 radical (unpaired) electrons. The van der Waals surface area contributed by atoms with E-state index in [0.717, 1.165) is 30.8 Å². The monoisotopic (exact) mass is 301 g/mol. The molecule has 1 aromatic rings. The smallest absolute Gasteiger partial charge is 0.197 e. The molecule has 2 aliphatic heterocycles. The molecule has 1 spiro atoms. The molecule has 106 valence electrons. The zero-order chi connectivity index (χ0) is 13.3. The largest absolute Gasteiger partial charge is 0.453 e. The normalized spacial score (nSPS) is 32.8. The molecule has 19 heavy (non-hydrogen) atoms. The third-order valence-electron chi connectivity index (χ3n) is 4.36. The van der Waals surface area contributed by atoms with Crippen molar-refractivity contribution in [1.82, 2.24) is 5.32 Å². The van der Waals surface area contributed by atoms with Crippen LogP contribution in [0, 0.1) is 5.92 Å². The van der Waals surface area contributed by atoms with Crippen LogP contribution >= 0.6 is 23.4 Å². The molecule has 2 saturated heterocycles. The maximum absolute atomic E-state index is 6.14. The Kier molecular flexibility index (Phi) is 4.13. The van der Waals surface area contributed by atoms with Gasteiger partial charge < -0.3 is 14.5 Å². The molecule has 3 atom stereocenters. The average Bonchev–Trinajstić information content (AvgIpc) is 3.02. The van der Waals surface area contributed by atoms with E-state index in [1.165, 1.54) is 12.2 Å². The van der Waals surface area contributed by atoms with Crippen molar-refractivity contribution in [2.45, 2.75) is 30.9 Å². The molecule has 3 rings (SSSR count). The molecule has 0 bridgehead atoms. The Morgan fingerprint density at radius 2 is 2.47 bits per heavy atom. The number of furan rings is 1. The number of ether oxygens (including phenoxy) is 1. The van der Waals surface area contributed by atoms with E-state index in [2.05, 4.69) is 5.32 Å². The zero-order valence-electron chi connectivity index (χ0n) is 11.2. The van der Waals surface area contributed by atoms with Crippen LogP contribution < -0.4 is 5.32 Å². The summed E-state index contributed by atoms with van der Waals surface area (Å²) in [6.07, 6.45) is 5.05. The lowest BCUT2D eigenvalue weighted by Crippen LogP contribution is -2.43. The van der Waals surface area contributed by atoms with Crippen molar-refractivity contribution in [1.29, 1.82) is 0 Å². The molecule has 5 heteroatoms. The first-order chi connectivity index (χ1) is 9.24. The van der Waals surface area contributed by atoms with Crippen LogP contribution in [0.15, 0.2) is 16.7 Å². The lowest BCUT2D eigenvalue weighted by atomic mass is 9.79. The van der Waals surface area contributed by atoms with E-state index in [-0.39, 0.29) is 11.6 Å². The van der Waals surface area contributed by atoms with E-state index >= 15 is 0 Å². The van der Waals surface area contributed by atoms with Crippen LogP contribution in [0.3, 0.4) is 0 Å². The maximum Gasteiger partial charge on any atom is 0.197 e. The van der Waals surface area contributed by atoms with Crippen LogP contribution in [-0.2, 0) is 4.74 Å². The Hall–Kier alpha value is -0.160. The van der Waals surface area contributed by atoms with E-state index in [9.17, 15) is 0 Å². The summed E-state index contributed by atoms with van der Waals surface area (Å²) < 4.78 is 11.3. The fraction of sp³-hybridized carbons (Fsp3) is 0.714. The highest BCUT2D eigenvalue weighted by atomic mass is 35.5. The van der Waals surface area contributed by atoms with Gasteiger partial charge in [-0.05, 0) is 55.6 Å². The van der Waals surface area contributed by atoms with Gasteiger partial charge in [-0.2, -0.15) is 11.8 Å². The predicted octanol–water partition coefficient (Wildman–Crippen LogP) is 3.50. The number of nitrogens with one attached hydrogen (secondary N) is 1. The Balaban J connectivity index is 1.78. The number of thioether (sulfide) groups is 1. The third kappa shape index (κ3) is 2.68. The van der Waals surface area contributed by atoms with Crippen LogP contribution in [-0.4, -0.2) is 30.8 Å². The first-order valence-electron chi connectivity index (χ1n) is 6.86. The summed E-state index contributed by atoms with van der Waals surface area (Å²) in [5, 5.41) is 3.93. The molecule has 0 aliphatic carbocycles. The van der Waals surface area contributed by atoms with Gasteiger partial charge in [0.05, 0.1) is 11.9 Å². The van der Waals surface area contributed by atoms with Crippen LogP contribution in [0.1, 0.15) is 30.9 Å². The van der Waals surface area contributed by atoms with E-state index in [4.69, 9.17) is 20.8 Å².